The zero-order valence-corrected chi connectivity index (χ0v) is 15.1. The fraction of sp³-hybridized carbons (Fsp3) is 0.800. The number of aromatic nitrogens is 2. The third-order valence-corrected chi connectivity index (χ3v) is 7.13. The van der Waals surface area contributed by atoms with Gasteiger partial charge in [0.25, 0.3) is 5.56 Å². The van der Waals surface area contributed by atoms with Crippen LogP contribution in [0.3, 0.4) is 0 Å². The number of hydrogen-bond acceptors (Lipinski definition) is 4. The minimum atomic E-state index is 0.120. The molecule has 5 nitrogen and oxygen atoms in total. The van der Waals surface area contributed by atoms with Gasteiger partial charge in [0.1, 0.15) is 0 Å². The van der Waals surface area contributed by atoms with Gasteiger partial charge in [-0.1, -0.05) is 0 Å². The largest absolute Gasteiger partial charge is 0.310 e. The van der Waals surface area contributed by atoms with Crippen LogP contribution >= 0.6 is 0 Å². The standard InChI is InChI=1S/C20H30N4O/c25-20-12-15-2-1-3-18(15)22-24(20)17-6-4-16(5-7-17)21-19-13-23-10-8-14(19)9-11-23/h12,14,16-17,19,21H,1-11,13H2. The van der Waals surface area contributed by atoms with E-state index in [1.165, 1.54) is 56.6 Å². The minimum absolute atomic E-state index is 0.120. The van der Waals surface area contributed by atoms with Crippen molar-refractivity contribution in [1.29, 1.82) is 0 Å². The summed E-state index contributed by atoms with van der Waals surface area (Å²) < 4.78 is 1.81. The van der Waals surface area contributed by atoms with Crippen molar-refractivity contribution in [3.8, 4) is 0 Å². The molecule has 6 rings (SSSR count). The van der Waals surface area contributed by atoms with Gasteiger partial charge in [0.2, 0.25) is 0 Å². The molecule has 1 saturated carbocycles. The molecule has 1 atom stereocenters. The molecular formula is C20H30N4O. The predicted octanol–water partition coefficient (Wildman–Crippen LogP) is 1.90. The first-order valence-corrected chi connectivity index (χ1v) is 10.4. The number of piperidine rings is 3. The average molecular weight is 342 g/mol. The lowest BCUT2D eigenvalue weighted by molar-refractivity contribution is 0.0625. The molecule has 1 N–H and O–H groups in total. The van der Waals surface area contributed by atoms with Crippen molar-refractivity contribution in [2.75, 3.05) is 19.6 Å². The lowest BCUT2D eigenvalue weighted by Gasteiger charge is -2.47. The first-order valence-electron chi connectivity index (χ1n) is 10.4. The van der Waals surface area contributed by atoms with Gasteiger partial charge in [0, 0.05) is 24.7 Å². The van der Waals surface area contributed by atoms with Gasteiger partial charge in [0.05, 0.1) is 11.7 Å². The highest BCUT2D eigenvalue weighted by atomic mass is 16.1. The van der Waals surface area contributed by atoms with Crippen molar-refractivity contribution in [2.24, 2.45) is 5.92 Å². The van der Waals surface area contributed by atoms with Gasteiger partial charge in [-0.2, -0.15) is 5.10 Å². The van der Waals surface area contributed by atoms with E-state index in [0.717, 1.165) is 38.0 Å². The summed E-state index contributed by atoms with van der Waals surface area (Å²) in [6.45, 7) is 3.86. The molecule has 3 saturated heterocycles. The van der Waals surface area contributed by atoms with E-state index in [2.05, 4.69) is 10.2 Å². The van der Waals surface area contributed by atoms with Gasteiger partial charge >= 0.3 is 0 Å². The van der Waals surface area contributed by atoms with Crippen LogP contribution in [0, 0.1) is 5.92 Å². The molecule has 3 aliphatic heterocycles. The fourth-order valence-electron chi connectivity index (χ4n) is 5.62. The molecule has 5 aliphatic rings. The van der Waals surface area contributed by atoms with Gasteiger partial charge in [-0.05, 0) is 82.4 Å². The number of fused-ring (bicyclic) bond motifs is 4. The Kier molecular flexibility index (Phi) is 4.17. The van der Waals surface area contributed by atoms with Crippen LogP contribution in [0.1, 0.15) is 62.2 Å². The summed E-state index contributed by atoms with van der Waals surface area (Å²) in [7, 11) is 0. The van der Waals surface area contributed by atoms with Gasteiger partial charge in [-0.25, -0.2) is 4.68 Å². The fourth-order valence-corrected chi connectivity index (χ4v) is 5.62. The third-order valence-electron chi connectivity index (χ3n) is 7.13. The van der Waals surface area contributed by atoms with Crippen LogP contribution in [0.15, 0.2) is 10.9 Å². The Hall–Kier alpha value is -1.20. The number of aryl methyl sites for hydroxylation is 2. The Morgan fingerprint density at radius 3 is 2.56 bits per heavy atom. The van der Waals surface area contributed by atoms with Crippen LogP contribution < -0.4 is 10.9 Å². The molecule has 4 fully saturated rings. The number of nitrogens with one attached hydrogen (secondary N) is 1. The van der Waals surface area contributed by atoms with Gasteiger partial charge < -0.3 is 10.2 Å². The molecule has 25 heavy (non-hydrogen) atoms. The van der Waals surface area contributed by atoms with E-state index in [4.69, 9.17) is 5.10 Å². The second-order valence-corrected chi connectivity index (χ2v) is 8.67. The van der Waals surface area contributed by atoms with E-state index in [-0.39, 0.29) is 5.56 Å². The first-order chi connectivity index (χ1) is 12.3. The lowest BCUT2D eigenvalue weighted by atomic mass is 9.82. The van der Waals surface area contributed by atoms with E-state index in [1.807, 2.05) is 10.7 Å². The molecule has 136 valence electrons. The molecule has 0 spiro atoms. The van der Waals surface area contributed by atoms with Gasteiger partial charge in [-0.15, -0.1) is 0 Å². The molecule has 2 bridgehead atoms. The summed E-state index contributed by atoms with van der Waals surface area (Å²) in [5.41, 5.74) is 2.49. The van der Waals surface area contributed by atoms with Crippen LogP contribution in [0.5, 0.6) is 0 Å². The van der Waals surface area contributed by atoms with Crippen molar-refractivity contribution in [3.63, 3.8) is 0 Å². The van der Waals surface area contributed by atoms with Crippen LogP contribution in [0.2, 0.25) is 0 Å². The number of rotatable bonds is 3. The Labute approximate surface area is 149 Å². The smallest absolute Gasteiger partial charge is 0.267 e. The summed E-state index contributed by atoms with van der Waals surface area (Å²) in [6, 6.07) is 3.49. The normalized spacial score (nSPS) is 37.2. The molecule has 0 aromatic carbocycles. The van der Waals surface area contributed by atoms with Crippen molar-refractivity contribution >= 4 is 0 Å². The second-order valence-electron chi connectivity index (χ2n) is 8.67. The molecule has 1 aromatic rings. The van der Waals surface area contributed by atoms with E-state index in [9.17, 15) is 4.79 Å². The maximum absolute atomic E-state index is 12.4. The van der Waals surface area contributed by atoms with Gasteiger partial charge in [-0.3, -0.25) is 4.79 Å². The Morgan fingerprint density at radius 1 is 1.04 bits per heavy atom. The summed E-state index contributed by atoms with van der Waals surface area (Å²) in [4.78, 5) is 15.1. The SMILES string of the molecule is O=c1cc2c(nn1C1CCC(NC3CN4CCC3CC4)CC1)CCC2. The highest BCUT2D eigenvalue weighted by Gasteiger charge is 2.36. The van der Waals surface area contributed by atoms with E-state index in [0.29, 0.717) is 18.1 Å². The summed E-state index contributed by atoms with van der Waals surface area (Å²) in [5, 5.41) is 8.69. The van der Waals surface area contributed by atoms with Crippen molar-refractivity contribution in [3.05, 3.63) is 27.7 Å². The zero-order valence-electron chi connectivity index (χ0n) is 15.1. The van der Waals surface area contributed by atoms with Crippen molar-refractivity contribution in [1.82, 2.24) is 20.0 Å². The average Bonchev–Trinajstić information content (AvgIpc) is 3.10. The van der Waals surface area contributed by atoms with Crippen LogP contribution in [-0.4, -0.2) is 46.4 Å². The summed E-state index contributed by atoms with van der Waals surface area (Å²) in [5.74, 6) is 0.892. The molecule has 2 aliphatic carbocycles. The molecule has 4 heterocycles. The van der Waals surface area contributed by atoms with Gasteiger partial charge in [0.15, 0.2) is 0 Å². The van der Waals surface area contributed by atoms with Crippen LogP contribution in [0.4, 0.5) is 0 Å². The monoisotopic (exact) mass is 342 g/mol. The minimum Gasteiger partial charge on any atom is -0.310 e. The number of hydrogen-bond donors (Lipinski definition) is 1. The summed E-state index contributed by atoms with van der Waals surface area (Å²) in [6.07, 6.45) is 10.5. The highest BCUT2D eigenvalue weighted by Crippen LogP contribution is 2.31. The maximum Gasteiger partial charge on any atom is 0.267 e. The molecule has 1 unspecified atom stereocenters. The second kappa shape index (κ2) is 6.51. The Balaban J connectivity index is 1.21. The Morgan fingerprint density at radius 2 is 1.84 bits per heavy atom. The summed E-state index contributed by atoms with van der Waals surface area (Å²) >= 11 is 0. The molecular weight excluding hydrogens is 312 g/mol. The van der Waals surface area contributed by atoms with E-state index in [1.54, 1.807) is 0 Å². The zero-order chi connectivity index (χ0) is 16.8. The molecule has 0 amide bonds. The number of nitrogens with zero attached hydrogens (tertiary/aromatic N) is 3. The highest BCUT2D eigenvalue weighted by molar-refractivity contribution is 5.22. The molecule has 0 radical (unpaired) electrons. The van der Waals surface area contributed by atoms with E-state index >= 15 is 0 Å². The molecule has 1 aromatic heterocycles. The third kappa shape index (κ3) is 3.06. The quantitative estimate of drug-likeness (QED) is 0.911. The van der Waals surface area contributed by atoms with Crippen LogP contribution in [-0.2, 0) is 12.8 Å². The molecule has 5 heteroatoms. The van der Waals surface area contributed by atoms with Crippen molar-refractivity contribution < 1.29 is 0 Å². The van der Waals surface area contributed by atoms with E-state index < -0.39 is 0 Å². The lowest BCUT2D eigenvalue weighted by Crippen LogP contribution is -2.58. The maximum atomic E-state index is 12.4. The van der Waals surface area contributed by atoms with Crippen molar-refractivity contribution in [2.45, 2.75) is 75.9 Å². The predicted molar refractivity (Wildman–Crippen MR) is 97.9 cm³/mol. The topological polar surface area (TPSA) is 50.2 Å². The Bertz CT molecular complexity index is 683. The first kappa shape index (κ1) is 16.0. The van der Waals surface area contributed by atoms with Crippen LogP contribution in [0.25, 0.3) is 0 Å².